The van der Waals surface area contributed by atoms with Gasteiger partial charge in [-0.3, -0.25) is 9.59 Å². The van der Waals surface area contributed by atoms with E-state index in [2.05, 4.69) is 22.1 Å². The van der Waals surface area contributed by atoms with Crippen molar-refractivity contribution in [2.24, 2.45) is 0 Å². The summed E-state index contributed by atoms with van der Waals surface area (Å²) in [4.78, 5) is 25.2. The van der Waals surface area contributed by atoms with E-state index < -0.39 is 11.7 Å². The van der Waals surface area contributed by atoms with E-state index >= 15 is 0 Å². The molecule has 1 aliphatic rings. The van der Waals surface area contributed by atoms with Gasteiger partial charge in [-0.15, -0.1) is 11.3 Å². The molecule has 0 atom stereocenters. The molecular weight excluding hydrogens is 367 g/mol. The van der Waals surface area contributed by atoms with Crippen LogP contribution in [0, 0.1) is 5.82 Å². The van der Waals surface area contributed by atoms with Crippen LogP contribution < -0.4 is 15.4 Å². The van der Waals surface area contributed by atoms with Crippen LogP contribution in [0.15, 0.2) is 41.8 Å². The summed E-state index contributed by atoms with van der Waals surface area (Å²) in [7, 11) is 0. The number of hydrogen-bond donors (Lipinski definition) is 2. The quantitative estimate of drug-likeness (QED) is 0.728. The molecule has 0 unspecified atom stereocenters. The fourth-order valence-corrected chi connectivity index (χ4v) is 4.39. The highest BCUT2D eigenvalue weighted by Crippen LogP contribution is 2.42. The fraction of sp³-hybridized carbons (Fsp3) is 0.400. The molecule has 2 amide bonds. The van der Waals surface area contributed by atoms with Gasteiger partial charge in [-0.25, -0.2) is 4.39 Å². The Morgan fingerprint density at radius 2 is 1.85 bits per heavy atom. The molecule has 1 saturated carbocycles. The average Bonchev–Trinajstić information content (AvgIpc) is 3.36. The van der Waals surface area contributed by atoms with Crippen molar-refractivity contribution in [3.63, 3.8) is 0 Å². The molecular formula is C20H23FN2O3S. The number of halogens is 1. The molecule has 0 radical (unpaired) electrons. The Kier molecular flexibility index (Phi) is 6.45. The molecule has 144 valence electrons. The molecule has 1 heterocycles. The summed E-state index contributed by atoms with van der Waals surface area (Å²) in [5.41, 5.74) is 0.0157. The smallest absolute Gasteiger partial charge is 0.258 e. The molecule has 0 spiro atoms. The van der Waals surface area contributed by atoms with Gasteiger partial charge in [0.15, 0.2) is 18.2 Å². The summed E-state index contributed by atoms with van der Waals surface area (Å²) in [6.07, 6.45) is 4.46. The first-order valence-corrected chi connectivity index (χ1v) is 9.92. The Morgan fingerprint density at radius 3 is 2.56 bits per heavy atom. The van der Waals surface area contributed by atoms with Crippen LogP contribution in [0.4, 0.5) is 4.39 Å². The van der Waals surface area contributed by atoms with E-state index in [0.717, 1.165) is 25.7 Å². The number of benzene rings is 1. The van der Waals surface area contributed by atoms with E-state index in [1.807, 2.05) is 6.07 Å². The maximum Gasteiger partial charge on any atom is 0.258 e. The van der Waals surface area contributed by atoms with Crippen LogP contribution >= 0.6 is 11.3 Å². The number of carbonyl (C=O) groups is 2. The summed E-state index contributed by atoms with van der Waals surface area (Å²) in [6, 6.07) is 10.0. The van der Waals surface area contributed by atoms with Gasteiger partial charge in [-0.1, -0.05) is 31.0 Å². The second-order valence-electron chi connectivity index (χ2n) is 6.74. The summed E-state index contributed by atoms with van der Waals surface area (Å²) >= 11 is 1.73. The Hall–Kier alpha value is -2.41. The van der Waals surface area contributed by atoms with Gasteiger partial charge in [-0.05, 0) is 36.4 Å². The number of ether oxygens (including phenoxy) is 1. The summed E-state index contributed by atoms with van der Waals surface area (Å²) in [5.74, 6) is -1.23. The SMILES string of the molecule is O=C(CNC(=O)COc1ccccc1F)NCC1(c2cccs2)CCCC1. The van der Waals surface area contributed by atoms with Crippen molar-refractivity contribution in [2.75, 3.05) is 19.7 Å². The zero-order valence-electron chi connectivity index (χ0n) is 15.0. The highest BCUT2D eigenvalue weighted by Gasteiger charge is 2.36. The van der Waals surface area contributed by atoms with E-state index in [-0.39, 0.29) is 30.2 Å². The molecule has 1 aromatic heterocycles. The topological polar surface area (TPSA) is 67.4 Å². The molecule has 2 aromatic rings. The van der Waals surface area contributed by atoms with E-state index in [0.29, 0.717) is 6.54 Å². The highest BCUT2D eigenvalue weighted by atomic mass is 32.1. The van der Waals surface area contributed by atoms with Crippen LogP contribution in [0.3, 0.4) is 0 Å². The van der Waals surface area contributed by atoms with Gasteiger partial charge in [0.2, 0.25) is 5.91 Å². The fourth-order valence-electron chi connectivity index (χ4n) is 3.41. The summed E-state index contributed by atoms with van der Waals surface area (Å²) < 4.78 is 18.6. The van der Waals surface area contributed by atoms with E-state index in [1.165, 1.54) is 17.0 Å². The number of amides is 2. The molecule has 0 bridgehead atoms. The zero-order valence-corrected chi connectivity index (χ0v) is 15.8. The minimum Gasteiger partial charge on any atom is -0.481 e. The van der Waals surface area contributed by atoms with Crippen LogP contribution in [0.5, 0.6) is 5.75 Å². The van der Waals surface area contributed by atoms with Crippen molar-refractivity contribution in [1.29, 1.82) is 0 Å². The van der Waals surface area contributed by atoms with Gasteiger partial charge in [0.1, 0.15) is 0 Å². The average molecular weight is 390 g/mol. The normalized spacial score (nSPS) is 15.3. The standard InChI is InChI=1S/C20H23FN2O3S/c21-15-6-1-2-7-16(15)26-13-19(25)22-12-18(24)23-14-20(9-3-4-10-20)17-8-5-11-27-17/h1-2,5-8,11H,3-4,9-10,12-14H2,(H,22,25)(H,23,24). The minimum atomic E-state index is -0.529. The monoisotopic (exact) mass is 390 g/mol. The van der Waals surface area contributed by atoms with Crippen LogP contribution in [0.1, 0.15) is 30.6 Å². The second-order valence-corrected chi connectivity index (χ2v) is 7.68. The van der Waals surface area contributed by atoms with Crippen molar-refractivity contribution in [1.82, 2.24) is 10.6 Å². The summed E-state index contributed by atoms with van der Waals surface area (Å²) in [5, 5.41) is 7.51. The third-order valence-electron chi connectivity index (χ3n) is 4.87. The van der Waals surface area contributed by atoms with Crippen LogP contribution in [-0.2, 0) is 15.0 Å². The van der Waals surface area contributed by atoms with Gasteiger partial charge in [-0.2, -0.15) is 0 Å². The van der Waals surface area contributed by atoms with Gasteiger partial charge in [0, 0.05) is 16.8 Å². The van der Waals surface area contributed by atoms with E-state index in [4.69, 9.17) is 4.74 Å². The number of nitrogens with one attached hydrogen (secondary N) is 2. The number of carbonyl (C=O) groups excluding carboxylic acids is 2. The Bertz CT molecular complexity index is 773. The van der Waals surface area contributed by atoms with Crippen molar-refractivity contribution >= 4 is 23.2 Å². The largest absolute Gasteiger partial charge is 0.481 e. The number of thiophene rings is 1. The molecule has 1 aliphatic carbocycles. The van der Waals surface area contributed by atoms with Crippen LogP contribution in [0.2, 0.25) is 0 Å². The Labute approximate surface area is 161 Å². The molecule has 0 aliphatic heterocycles. The highest BCUT2D eigenvalue weighted by molar-refractivity contribution is 7.10. The molecule has 0 saturated heterocycles. The number of hydrogen-bond acceptors (Lipinski definition) is 4. The van der Waals surface area contributed by atoms with Gasteiger partial charge < -0.3 is 15.4 Å². The first kappa shape index (κ1) is 19.4. The zero-order chi connectivity index (χ0) is 19.1. The van der Waals surface area contributed by atoms with E-state index in [1.54, 1.807) is 23.5 Å². The van der Waals surface area contributed by atoms with Gasteiger partial charge in [0.25, 0.3) is 5.91 Å². The third kappa shape index (κ3) is 5.07. The summed E-state index contributed by atoms with van der Waals surface area (Å²) in [6.45, 7) is 0.112. The van der Waals surface area contributed by atoms with Crippen molar-refractivity contribution < 1.29 is 18.7 Å². The lowest BCUT2D eigenvalue weighted by molar-refractivity contribution is -0.127. The first-order valence-electron chi connectivity index (χ1n) is 9.04. The first-order chi connectivity index (χ1) is 13.1. The molecule has 2 N–H and O–H groups in total. The molecule has 27 heavy (non-hydrogen) atoms. The Morgan fingerprint density at radius 1 is 1.07 bits per heavy atom. The molecule has 7 heteroatoms. The Balaban J connectivity index is 1.41. The lowest BCUT2D eigenvalue weighted by atomic mass is 9.84. The maximum atomic E-state index is 13.4. The van der Waals surface area contributed by atoms with Crippen LogP contribution in [0.25, 0.3) is 0 Å². The predicted molar refractivity (Wildman–Crippen MR) is 102 cm³/mol. The van der Waals surface area contributed by atoms with Crippen molar-refractivity contribution in [3.8, 4) is 5.75 Å². The molecule has 1 aromatic carbocycles. The second kappa shape index (κ2) is 8.99. The minimum absolute atomic E-state index is 0.0104. The number of rotatable bonds is 8. The van der Waals surface area contributed by atoms with Crippen LogP contribution in [-0.4, -0.2) is 31.5 Å². The predicted octanol–water partition coefficient (Wildman–Crippen LogP) is 3.01. The molecule has 3 rings (SSSR count). The van der Waals surface area contributed by atoms with E-state index in [9.17, 15) is 14.0 Å². The molecule has 5 nitrogen and oxygen atoms in total. The van der Waals surface area contributed by atoms with Gasteiger partial charge in [0.05, 0.1) is 6.54 Å². The third-order valence-corrected chi connectivity index (χ3v) is 5.99. The molecule has 1 fully saturated rings. The maximum absolute atomic E-state index is 13.4. The lowest BCUT2D eigenvalue weighted by Crippen LogP contribution is -2.44. The van der Waals surface area contributed by atoms with Gasteiger partial charge >= 0.3 is 0 Å². The number of para-hydroxylation sites is 1. The van der Waals surface area contributed by atoms with Crippen molar-refractivity contribution in [3.05, 3.63) is 52.5 Å². The lowest BCUT2D eigenvalue weighted by Gasteiger charge is -2.28. The van der Waals surface area contributed by atoms with Crippen molar-refractivity contribution in [2.45, 2.75) is 31.1 Å².